The first-order chi connectivity index (χ1) is 15.0. The van der Waals surface area contributed by atoms with Gasteiger partial charge in [-0.3, -0.25) is 4.40 Å². The molecule has 0 bridgehead atoms. The molecule has 1 saturated heterocycles. The van der Waals surface area contributed by atoms with Crippen molar-refractivity contribution in [3.63, 3.8) is 0 Å². The third kappa shape index (κ3) is 4.20. The van der Waals surface area contributed by atoms with E-state index in [0.29, 0.717) is 23.9 Å². The largest absolute Gasteiger partial charge is 0.367 e. The minimum Gasteiger partial charge on any atom is -0.367 e. The number of aromatic nitrogens is 5. The van der Waals surface area contributed by atoms with E-state index in [0.717, 1.165) is 47.0 Å². The van der Waals surface area contributed by atoms with Gasteiger partial charge in [-0.05, 0) is 44.0 Å². The quantitative estimate of drug-likeness (QED) is 0.481. The van der Waals surface area contributed by atoms with E-state index >= 15 is 0 Å². The van der Waals surface area contributed by atoms with Gasteiger partial charge in [-0.2, -0.15) is 4.98 Å². The van der Waals surface area contributed by atoms with Gasteiger partial charge in [-0.1, -0.05) is 13.8 Å². The standard InChI is InChI=1S/C23H28N8.ClH/c1-14(2)19-11-25-21-8-5-17-9-26-23(29-22(17)31(19)21)28-20-7-6-18(10-24-20)30-12-15(3)27-16(4)13-30;/h5-11,14-16,27H,12-13H2,1-4H3,(H,24,26,28,29);1H/t15-,16+;. The Bertz CT molecular complexity index is 1210. The van der Waals surface area contributed by atoms with Gasteiger partial charge in [0.25, 0.3) is 0 Å². The summed E-state index contributed by atoms with van der Waals surface area (Å²) in [6, 6.07) is 9.02. The molecule has 4 aromatic heterocycles. The number of imidazole rings is 1. The Hall–Kier alpha value is -2.97. The molecule has 1 aliphatic rings. The van der Waals surface area contributed by atoms with E-state index in [1.165, 1.54) is 0 Å². The molecule has 4 aromatic rings. The first kappa shape index (κ1) is 22.2. The average molecular weight is 453 g/mol. The molecule has 2 atom stereocenters. The van der Waals surface area contributed by atoms with Crippen molar-refractivity contribution in [3.05, 3.63) is 48.5 Å². The molecule has 32 heavy (non-hydrogen) atoms. The van der Waals surface area contributed by atoms with E-state index < -0.39 is 0 Å². The Morgan fingerprint density at radius 3 is 2.44 bits per heavy atom. The second-order valence-electron chi connectivity index (χ2n) is 8.74. The Morgan fingerprint density at radius 2 is 1.75 bits per heavy atom. The van der Waals surface area contributed by atoms with Crippen molar-refractivity contribution in [1.82, 2.24) is 29.7 Å². The van der Waals surface area contributed by atoms with Crippen LogP contribution in [0.1, 0.15) is 39.3 Å². The van der Waals surface area contributed by atoms with Crippen LogP contribution in [0.15, 0.2) is 42.9 Å². The highest BCUT2D eigenvalue weighted by Crippen LogP contribution is 2.24. The summed E-state index contributed by atoms with van der Waals surface area (Å²) in [6.45, 7) is 10.7. The fraction of sp³-hybridized carbons (Fsp3) is 0.391. The van der Waals surface area contributed by atoms with E-state index in [9.17, 15) is 0 Å². The molecule has 168 valence electrons. The van der Waals surface area contributed by atoms with Crippen LogP contribution in [0.25, 0.3) is 16.7 Å². The zero-order valence-electron chi connectivity index (χ0n) is 18.8. The first-order valence-electron chi connectivity index (χ1n) is 10.8. The predicted octanol–water partition coefficient (Wildman–Crippen LogP) is 4.15. The summed E-state index contributed by atoms with van der Waals surface area (Å²) in [4.78, 5) is 20.8. The second kappa shape index (κ2) is 8.88. The van der Waals surface area contributed by atoms with Gasteiger partial charge in [-0.15, -0.1) is 12.4 Å². The molecule has 0 radical (unpaired) electrons. The topological polar surface area (TPSA) is 83.3 Å². The van der Waals surface area contributed by atoms with Crippen LogP contribution in [0.5, 0.6) is 0 Å². The van der Waals surface area contributed by atoms with E-state index in [-0.39, 0.29) is 12.4 Å². The molecule has 0 amide bonds. The number of hydrogen-bond donors (Lipinski definition) is 2. The molecule has 2 N–H and O–H groups in total. The molecule has 0 unspecified atom stereocenters. The molecule has 0 saturated carbocycles. The van der Waals surface area contributed by atoms with Crippen LogP contribution in [0, 0.1) is 0 Å². The van der Waals surface area contributed by atoms with Crippen LogP contribution in [0.4, 0.5) is 17.5 Å². The fourth-order valence-electron chi connectivity index (χ4n) is 4.34. The van der Waals surface area contributed by atoms with Crippen molar-refractivity contribution in [2.45, 2.75) is 45.7 Å². The van der Waals surface area contributed by atoms with Crippen molar-refractivity contribution in [2.24, 2.45) is 0 Å². The summed E-state index contributed by atoms with van der Waals surface area (Å²) >= 11 is 0. The zero-order valence-corrected chi connectivity index (χ0v) is 19.6. The Kier molecular flexibility index (Phi) is 6.17. The van der Waals surface area contributed by atoms with Gasteiger partial charge in [0.15, 0.2) is 5.65 Å². The molecule has 0 aliphatic carbocycles. The van der Waals surface area contributed by atoms with E-state index in [1.54, 1.807) is 0 Å². The molecule has 0 spiro atoms. The zero-order chi connectivity index (χ0) is 21.5. The summed E-state index contributed by atoms with van der Waals surface area (Å²) in [5.74, 6) is 1.59. The summed E-state index contributed by atoms with van der Waals surface area (Å²) in [7, 11) is 0. The van der Waals surface area contributed by atoms with E-state index in [4.69, 9.17) is 4.98 Å². The van der Waals surface area contributed by atoms with Crippen molar-refractivity contribution in [3.8, 4) is 0 Å². The van der Waals surface area contributed by atoms with Gasteiger partial charge in [0, 0.05) is 48.6 Å². The van der Waals surface area contributed by atoms with Crippen LogP contribution in [0.2, 0.25) is 0 Å². The lowest BCUT2D eigenvalue weighted by Gasteiger charge is -2.37. The van der Waals surface area contributed by atoms with E-state index in [1.807, 2.05) is 36.8 Å². The van der Waals surface area contributed by atoms with Gasteiger partial charge >= 0.3 is 0 Å². The molecular weight excluding hydrogens is 424 g/mol. The van der Waals surface area contributed by atoms with Crippen molar-refractivity contribution >= 4 is 46.5 Å². The van der Waals surface area contributed by atoms with Crippen molar-refractivity contribution in [1.29, 1.82) is 0 Å². The second-order valence-corrected chi connectivity index (χ2v) is 8.74. The Balaban J connectivity index is 0.00000245. The van der Waals surface area contributed by atoms with Crippen LogP contribution in [-0.4, -0.2) is 49.5 Å². The average Bonchev–Trinajstić information content (AvgIpc) is 3.19. The molecule has 1 fully saturated rings. The number of piperazine rings is 1. The van der Waals surface area contributed by atoms with Gasteiger partial charge in [0.1, 0.15) is 11.5 Å². The third-order valence-electron chi connectivity index (χ3n) is 5.74. The maximum atomic E-state index is 4.79. The SMILES string of the molecule is CC(C)c1cnc2ccc3cnc(Nc4ccc(N5C[C@@H](C)N[C@@H](C)C5)cn4)nc3n12.Cl. The van der Waals surface area contributed by atoms with Gasteiger partial charge in [0.05, 0.1) is 11.9 Å². The number of fused-ring (bicyclic) bond motifs is 3. The number of nitrogens with one attached hydrogen (secondary N) is 2. The first-order valence-corrected chi connectivity index (χ1v) is 10.8. The number of anilines is 3. The van der Waals surface area contributed by atoms with E-state index in [2.05, 4.69) is 68.6 Å². The van der Waals surface area contributed by atoms with Crippen molar-refractivity contribution in [2.75, 3.05) is 23.3 Å². The lowest BCUT2D eigenvalue weighted by Crippen LogP contribution is -2.54. The lowest BCUT2D eigenvalue weighted by atomic mass is 10.1. The maximum Gasteiger partial charge on any atom is 0.230 e. The third-order valence-corrected chi connectivity index (χ3v) is 5.74. The minimum absolute atomic E-state index is 0. The van der Waals surface area contributed by atoms with Crippen LogP contribution in [0.3, 0.4) is 0 Å². The molecule has 9 heteroatoms. The fourth-order valence-corrected chi connectivity index (χ4v) is 4.34. The highest BCUT2D eigenvalue weighted by atomic mass is 35.5. The normalized spacial score (nSPS) is 18.8. The van der Waals surface area contributed by atoms with Crippen LogP contribution < -0.4 is 15.5 Å². The number of halogens is 1. The summed E-state index contributed by atoms with van der Waals surface area (Å²) < 4.78 is 2.11. The molecule has 1 aliphatic heterocycles. The minimum atomic E-state index is 0. The Morgan fingerprint density at radius 1 is 0.969 bits per heavy atom. The van der Waals surface area contributed by atoms with Crippen LogP contribution >= 0.6 is 12.4 Å². The molecule has 5 heterocycles. The van der Waals surface area contributed by atoms with Gasteiger partial charge in [-0.25, -0.2) is 15.0 Å². The smallest absolute Gasteiger partial charge is 0.230 e. The molecular formula is C23H29ClN8. The summed E-state index contributed by atoms with van der Waals surface area (Å²) in [5, 5.41) is 7.79. The van der Waals surface area contributed by atoms with Gasteiger partial charge in [0.2, 0.25) is 5.95 Å². The number of rotatable bonds is 4. The lowest BCUT2D eigenvalue weighted by molar-refractivity contribution is 0.407. The van der Waals surface area contributed by atoms with Crippen LogP contribution in [-0.2, 0) is 0 Å². The molecule has 8 nitrogen and oxygen atoms in total. The Labute approximate surface area is 193 Å². The molecule has 0 aromatic carbocycles. The number of nitrogens with zero attached hydrogens (tertiary/aromatic N) is 6. The number of pyridine rings is 2. The summed E-state index contributed by atoms with van der Waals surface area (Å²) in [5.41, 5.74) is 4.00. The maximum absolute atomic E-state index is 4.79. The monoisotopic (exact) mass is 452 g/mol. The number of hydrogen-bond acceptors (Lipinski definition) is 7. The highest BCUT2D eigenvalue weighted by Gasteiger charge is 2.21. The highest BCUT2D eigenvalue weighted by molar-refractivity contribution is 5.85. The predicted molar refractivity (Wildman–Crippen MR) is 131 cm³/mol. The van der Waals surface area contributed by atoms with Crippen molar-refractivity contribution < 1.29 is 0 Å². The van der Waals surface area contributed by atoms with Gasteiger partial charge < -0.3 is 15.5 Å². The summed E-state index contributed by atoms with van der Waals surface area (Å²) in [6.07, 6.45) is 5.68. The molecule has 5 rings (SSSR count).